The maximum absolute atomic E-state index is 12.1. The van der Waals surface area contributed by atoms with Gasteiger partial charge in [0.05, 0.1) is 6.10 Å². The van der Waals surface area contributed by atoms with Gasteiger partial charge >= 0.3 is 0 Å². The summed E-state index contributed by atoms with van der Waals surface area (Å²) in [6.45, 7) is 4.57. The third-order valence-electron chi connectivity index (χ3n) is 3.84. The Morgan fingerprint density at radius 1 is 1.50 bits per heavy atom. The van der Waals surface area contributed by atoms with Crippen molar-refractivity contribution in [3.8, 4) is 0 Å². The first-order valence-electron chi connectivity index (χ1n) is 6.96. The van der Waals surface area contributed by atoms with E-state index in [9.17, 15) is 4.79 Å². The van der Waals surface area contributed by atoms with Crippen LogP contribution in [0, 0.1) is 0 Å². The smallest absolute Gasteiger partial charge is 0.240 e. The largest absolute Gasteiger partial charge is 0.378 e. The fourth-order valence-corrected chi connectivity index (χ4v) is 2.74. The van der Waals surface area contributed by atoms with E-state index in [2.05, 4.69) is 10.2 Å². The molecule has 2 aliphatic rings. The molecule has 0 saturated carbocycles. The van der Waals surface area contributed by atoms with Gasteiger partial charge in [-0.05, 0) is 19.3 Å². The van der Waals surface area contributed by atoms with Crippen LogP contribution in [0.1, 0.15) is 19.3 Å². The van der Waals surface area contributed by atoms with Crippen molar-refractivity contribution in [2.24, 2.45) is 0 Å². The number of rotatable bonds is 4. The molecular formula is C13H25N3O2. The summed E-state index contributed by atoms with van der Waals surface area (Å²) in [6.07, 6.45) is 3.83. The summed E-state index contributed by atoms with van der Waals surface area (Å²) in [5.74, 6) is 0.203. The van der Waals surface area contributed by atoms with Gasteiger partial charge in [-0.15, -0.1) is 0 Å². The lowest BCUT2D eigenvalue weighted by atomic mass is 10.1. The van der Waals surface area contributed by atoms with Crippen molar-refractivity contribution in [3.63, 3.8) is 0 Å². The van der Waals surface area contributed by atoms with Crippen LogP contribution in [0.25, 0.3) is 0 Å². The lowest BCUT2D eigenvalue weighted by Crippen LogP contribution is -2.57. The Bertz CT molecular complexity index is 277. The number of hydrogen-bond donors (Lipinski definition) is 1. The van der Waals surface area contributed by atoms with E-state index >= 15 is 0 Å². The molecule has 2 rings (SSSR count). The Balaban J connectivity index is 1.84. The van der Waals surface area contributed by atoms with E-state index in [1.807, 2.05) is 14.1 Å². The van der Waals surface area contributed by atoms with Gasteiger partial charge in [-0.3, -0.25) is 9.69 Å². The first kappa shape index (κ1) is 13.8. The average molecular weight is 255 g/mol. The van der Waals surface area contributed by atoms with Gasteiger partial charge in [-0.1, -0.05) is 0 Å². The van der Waals surface area contributed by atoms with Crippen molar-refractivity contribution in [1.29, 1.82) is 0 Å². The Hall–Kier alpha value is -0.650. The Labute approximate surface area is 109 Å². The van der Waals surface area contributed by atoms with Crippen LogP contribution in [0.3, 0.4) is 0 Å². The predicted octanol–water partition coefficient (Wildman–Crippen LogP) is -0.0825. The number of nitrogens with zero attached hydrogens (tertiary/aromatic N) is 2. The van der Waals surface area contributed by atoms with Crippen molar-refractivity contribution in [2.45, 2.75) is 31.4 Å². The van der Waals surface area contributed by atoms with Crippen LogP contribution in [-0.2, 0) is 9.53 Å². The lowest BCUT2D eigenvalue weighted by Gasteiger charge is -2.36. The van der Waals surface area contributed by atoms with Crippen LogP contribution >= 0.6 is 0 Å². The van der Waals surface area contributed by atoms with Crippen molar-refractivity contribution in [1.82, 2.24) is 15.1 Å². The first-order valence-corrected chi connectivity index (χ1v) is 6.96. The molecule has 2 saturated heterocycles. The van der Waals surface area contributed by atoms with Gasteiger partial charge in [0, 0.05) is 46.9 Å². The monoisotopic (exact) mass is 255 g/mol. The fraction of sp³-hybridized carbons (Fsp3) is 0.923. The standard InChI is InChI=1S/C13H25N3O2/c1-15(2)13(17)12-10-14-6-8-16(12)7-5-11-4-3-9-18-11/h11-12,14H,3-10H2,1-2H3. The molecule has 2 heterocycles. The van der Waals surface area contributed by atoms with Crippen LogP contribution in [0.5, 0.6) is 0 Å². The highest BCUT2D eigenvalue weighted by Crippen LogP contribution is 2.17. The molecule has 2 aliphatic heterocycles. The summed E-state index contributed by atoms with van der Waals surface area (Å²) < 4.78 is 5.65. The minimum Gasteiger partial charge on any atom is -0.378 e. The molecular weight excluding hydrogens is 230 g/mol. The van der Waals surface area contributed by atoms with Crippen LogP contribution in [0.15, 0.2) is 0 Å². The maximum Gasteiger partial charge on any atom is 0.240 e. The number of nitrogens with one attached hydrogen (secondary N) is 1. The van der Waals surface area contributed by atoms with E-state index in [4.69, 9.17) is 4.74 Å². The van der Waals surface area contributed by atoms with E-state index < -0.39 is 0 Å². The molecule has 104 valence electrons. The average Bonchev–Trinajstić information content (AvgIpc) is 2.89. The zero-order valence-electron chi connectivity index (χ0n) is 11.5. The normalized spacial score (nSPS) is 29.4. The maximum atomic E-state index is 12.1. The first-order chi connectivity index (χ1) is 8.68. The highest BCUT2D eigenvalue weighted by molar-refractivity contribution is 5.81. The second-order valence-corrected chi connectivity index (χ2v) is 5.41. The molecule has 18 heavy (non-hydrogen) atoms. The molecule has 2 atom stereocenters. The van der Waals surface area contributed by atoms with Crippen LogP contribution in [0.2, 0.25) is 0 Å². The predicted molar refractivity (Wildman–Crippen MR) is 70.5 cm³/mol. The molecule has 0 aromatic heterocycles. The lowest BCUT2D eigenvalue weighted by molar-refractivity contribution is -0.135. The van der Waals surface area contributed by atoms with Crippen molar-refractivity contribution in [2.75, 3.05) is 46.9 Å². The van der Waals surface area contributed by atoms with E-state index in [1.54, 1.807) is 4.90 Å². The summed E-state index contributed by atoms with van der Waals surface area (Å²) in [5.41, 5.74) is 0. The summed E-state index contributed by atoms with van der Waals surface area (Å²) in [6, 6.07) is -0.00449. The molecule has 0 aliphatic carbocycles. The molecule has 1 N–H and O–H groups in total. The number of hydrogen-bond acceptors (Lipinski definition) is 4. The molecule has 5 nitrogen and oxygen atoms in total. The van der Waals surface area contributed by atoms with Gasteiger partial charge in [0.2, 0.25) is 5.91 Å². The zero-order valence-corrected chi connectivity index (χ0v) is 11.5. The van der Waals surface area contributed by atoms with Crippen LogP contribution < -0.4 is 5.32 Å². The highest BCUT2D eigenvalue weighted by atomic mass is 16.5. The summed E-state index contributed by atoms with van der Waals surface area (Å²) in [7, 11) is 3.66. The molecule has 2 unspecified atom stereocenters. The molecule has 1 amide bonds. The van der Waals surface area contributed by atoms with E-state index in [1.165, 1.54) is 12.8 Å². The van der Waals surface area contributed by atoms with Crippen molar-refractivity contribution < 1.29 is 9.53 Å². The number of carbonyl (C=O) groups excluding carboxylic acids is 1. The van der Waals surface area contributed by atoms with Crippen LogP contribution in [0.4, 0.5) is 0 Å². The zero-order chi connectivity index (χ0) is 13.0. The molecule has 0 radical (unpaired) electrons. The summed E-state index contributed by atoms with van der Waals surface area (Å²) in [4.78, 5) is 16.1. The second kappa shape index (κ2) is 6.50. The summed E-state index contributed by atoms with van der Waals surface area (Å²) >= 11 is 0. The van der Waals surface area contributed by atoms with Gasteiger partial charge in [0.15, 0.2) is 0 Å². The number of ether oxygens (including phenoxy) is 1. The highest BCUT2D eigenvalue weighted by Gasteiger charge is 2.30. The summed E-state index contributed by atoms with van der Waals surface area (Å²) in [5, 5.41) is 3.31. The molecule has 0 spiro atoms. The fourth-order valence-electron chi connectivity index (χ4n) is 2.74. The number of likely N-dealkylation sites (N-methyl/N-ethyl adjacent to an activating group) is 1. The van der Waals surface area contributed by atoms with Crippen molar-refractivity contribution >= 4 is 5.91 Å². The molecule has 0 aromatic carbocycles. The van der Waals surface area contributed by atoms with Crippen LogP contribution in [-0.4, -0.2) is 74.7 Å². The third kappa shape index (κ3) is 3.43. The Morgan fingerprint density at radius 3 is 3.00 bits per heavy atom. The Kier molecular flexibility index (Phi) is 4.97. The molecule has 5 heteroatoms. The van der Waals surface area contributed by atoms with Gasteiger partial charge < -0.3 is 15.0 Å². The third-order valence-corrected chi connectivity index (χ3v) is 3.84. The number of carbonyl (C=O) groups is 1. The second-order valence-electron chi connectivity index (χ2n) is 5.41. The topological polar surface area (TPSA) is 44.8 Å². The van der Waals surface area contributed by atoms with Gasteiger partial charge in [-0.2, -0.15) is 0 Å². The SMILES string of the molecule is CN(C)C(=O)C1CNCCN1CCC1CCCO1. The number of piperazine rings is 1. The van der Waals surface area contributed by atoms with Gasteiger partial charge in [-0.25, -0.2) is 0 Å². The van der Waals surface area contributed by atoms with Gasteiger partial charge in [0.25, 0.3) is 0 Å². The molecule has 0 bridgehead atoms. The minimum atomic E-state index is -0.00449. The molecule has 2 fully saturated rings. The molecule has 0 aromatic rings. The Morgan fingerprint density at radius 2 is 2.33 bits per heavy atom. The minimum absolute atomic E-state index is 0.00449. The van der Waals surface area contributed by atoms with Gasteiger partial charge in [0.1, 0.15) is 6.04 Å². The van der Waals surface area contributed by atoms with E-state index in [-0.39, 0.29) is 11.9 Å². The number of amides is 1. The van der Waals surface area contributed by atoms with E-state index in [0.29, 0.717) is 6.10 Å². The van der Waals surface area contributed by atoms with Crippen molar-refractivity contribution in [3.05, 3.63) is 0 Å². The van der Waals surface area contributed by atoms with E-state index in [0.717, 1.165) is 39.2 Å². The quantitative estimate of drug-likeness (QED) is 0.763.